The highest BCUT2D eigenvalue weighted by Crippen LogP contribution is 2.42. The van der Waals surface area contributed by atoms with Crippen molar-refractivity contribution in [3.05, 3.63) is 102 Å². The maximum absolute atomic E-state index is 14.4. The number of hydrogen-bond acceptors (Lipinski definition) is 6. The second-order valence-corrected chi connectivity index (χ2v) is 11.0. The molecule has 0 amide bonds. The van der Waals surface area contributed by atoms with Gasteiger partial charge in [0.1, 0.15) is 12.4 Å². The number of nitrogens with zero attached hydrogens (tertiary/aromatic N) is 2. The maximum atomic E-state index is 14.4. The Morgan fingerprint density at radius 2 is 1.22 bits per heavy atom. The van der Waals surface area contributed by atoms with Gasteiger partial charge in [0.05, 0.1) is 18.4 Å². The summed E-state index contributed by atoms with van der Waals surface area (Å²) < 4.78 is 75.0. The van der Waals surface area contributed by atoms with Crippen LogP contribution in [0.4, 0.5) is 13.2 Å². The number of β-amino-alcohol motifs (C(OH)–C–C–N with tert-alkyl or cyclic N) is 1. The molecule has 2 N–H and O–H groups in total. The van der Waals surface area contributed by atoms with Crippen molar-refractivity contribution in [3.8, 4) is 5.75 Å². The minimum atomic E-state index is -4.54. The van der Waals surface area contributed by atoms with Crippen molar-refractivity contribution < 1.29 is 36.0 Å². The highest BCUT2D eigenvalue weighted by Gasteiger charge is 2.38. The number of rotatable bonds is 9. The Morgan fingerprint density at radius 3 is 1.68 bits per heavy atom. The minimum absolute atomic E-state index is 0.128. The number of aliphatic hydroxyl groups is 1. The van der Waals surface area contributed by atoms with Crippen molar-refractivity contribution in [2.75, 3.05) is 58.7 Å². The average molecular weight is 593 g/mol. The molecule has 0 unspecified atom stereocenters. The summed E-state index contributed by atoms with van der Waals surface area (Å²) in [5.41, 5.74) is 0.584. The zero-order valence-electron chi connectivity index (χ0n) is 22.8. The molecule has 0 aliphatic carbocycles. The van der Waals surface area contributed by atoms with Crippen LogP contribution < -0.4 is 4.74 Å². The van der Waals surface area contributed by atoms with Crippen molar-refractivity contribution in [2.45, 2.75) is 6.18 Å². The van der Waals surface area contributed by atoms with Crippen LogP contribution in [0.1, 0.15) is 16.7 Å². The van der Waals surface area contributed by atoms with Gasteiger partial charge in [-0.15, -0.1) is 0 Å². The van der Waals surface area contributed by atoms with Crippen LogP contribution in [0, 0.1) is 0 Å². The van der Waals surface area contributed by atoms with Gasteiger partial charge >= 0.3 is 6.18 Å². The van der Waals surface area contributed by atoms with Gasteiger partial charge in [-0.3, -0.25) is 14.4 Å². The molecule has 0 spiro atoms. The van der Waals surface area contributed by atoms with Gasteiger partial charge in [-0.1, -0.05) is 72.8 Å². The van der Waals surface area contributed by atoms with Crippen LogP contribution >= 0.6 is 0 Å². The Bertz CT molecular complexity index is 1330. The van der Waals surface area contributed by atoms with E-state index in [9.17, 15) is 21.6 Å². The van der Waals surface area contributed by atoms with E-state index < -0.39 is 21.9 Å². The zero-order chi connectivity index (χ0) is 29.9. The van der Waals surface area contributed by atoms with Crippen molar-refractivity contribution >= 4 is 21.3 Å². The third kappa shape index (κ3) is 10.9. The van der Waals surface area contributed by atoms with E-state index in [0.29, 0.717) is 36.3 Å². The zero-order valence-corrected chi connectivity index (χ0v) is 23.6. The summed E-state index contributed by atoms with van der Waals surface area (Å²) >= 11 is 0. The van der Waals surface area contributed by atoms with Gasteiger partial charge < -0.3 is 9.84 Å². The first kappa shape index (κ1) is 32.3. The third-order valence-corrected chi connectivity index (χ3v) is 6.36. The molecule has 0 radical (unpaired) electrons. The van der Waals surface area contributed by atoms with Crippen molar-refractivity contribution in [3.63, 3.8) is 0 Å². The molecular formula is C30H35F3N2O5S. The third-order valence-electron chi connectivity index (χ3n) is 6.36. The predicted octanol–water partition coefficient (Wildman–Crippen LogP) is 4.70. The summed E-state index contributed by atoms with van der Waals surface area (Å²) in [6, 6.07) is 23.5. The second-order valence-electron chi connectivity index (χ2n) is 9.49. The lowest BCUT2D eigenvalue weighted by Crippen LogP contribution is -2.48. The van der Waals surface area contributed by atoms with Gasteiger partial charge in [-0.05, 0) is 28.8 Å². The first-order chi connectivity index (χ1) is 19.5. The second kappa shape index (κ2) is 15.1. The van der Waals surface area contributed by atoms with E-state index in [-0.39, 0.29) is 17.7 Å². The summed E-state index contributed by atoms with van der Waals surface area (Å²) in [7, 11) is -3.67. The molecule has 0 aromatic heterocycles. The lowest BCUT2D eigenvalue weighted by Gasteiger charge is -2.34. The maximum Gasteiger partial charge on any atom is 0.417 e. The summed E-state index contributed by atoms with van der Waals surface area (Å²) in [5, 5.41) is 9.06. The largest absolute Gasteiger partial charge is 0.492 e. The van der Waals surface area contributed by atoms with Crippen molar-refractivity contribution in [1.82, 2.24) is 9.80 Å². The fourth-order valence-electron chi connectivity index (χ4n) is 4.50. The number of ether oxygens (including phenoxy) is 1. The monoisotopic (exact) mass is 592 g/mol. The summed E-state index contributed by atoms with van der Waals surface area (Å²) in [5.74, 6) is 0.623. The van der Waals surface area contributed by atoms with E-state index in [0.717, 1.165) is 32.7 Å². The highest BCUT2D eigenvalue weighted by molar-refractivity contribution is 7.85. The van der Waals surface area contributed by atoms with Gasteiger partial charge in [-0.25, -0.2) is 0 Å². The quantitative estimate of drug-likeness (QED) is 0.275. The summed E-state index contributed by atoms with van der Waals surface area (Å²) in [4.78, 5) is 4.55. The van der Waals surface area contributed by atoms with Gasteiger partial charge in [-0.2, -0.15) is 21.6 Å². The Balaban J connectivity index is 0.000000850. The molecule has 3 aromatic carbocycles. The molecule has 1 saturated heterocycles. The van der Waals surface area contributed by atoms with E-state index in [4.69, 9.17) is 14.4 Å². The molecule has 0 bridgehead atoms. The molecule has 11 heteroatoms. The first-order valence-electron chi connectivity index (χ1n) is 13.1. The SMILES string of the molecule is CS(=O)(=O)O.OCCN1CCN(CCOc2ccc(/C(=C(\c3ccccc3)C(F)(F)F)c3ccccc3)cc2)CC1. The Morgan fingerprint density at radius 1 is 0.780 bits per heavy atom. The molecule has 1 aliphatic heterocycles. The minimum Gasteiger partial charge on any atom is -0.492 e. The van der Waals surface area contributed by atoms with Gasteiger partial charge in [0.15, 0.2) is 0 Å². The Kier molecular flexibility index (Phi) is 11.9. The standard InChI is InChI=1S/C29H31F3N2O2.CH4O3S/c30-29(31,32)28(25-9-5-2-6-10-25)27(23-7-3-1-4-8-23)24-11-13-26(14-12-24)36-22-20-34-17-15-33(16-18-34)19-21-35;1-5(2,3)4/h1-14,35H,15-22H2;1H3,(H,2,3,4)/b28-27+;. The number of aliphatic hydroxyl groups excluding tert-OH is 1. The van der Waals surface area contributed by atoms with E-state index >= 15 is 0 Å². The fourth-order valence-corrected chi connectivity index (χ4v) is 4.50. The molecule has 1 fully saturated rings. The lowest BCUT2D eigenvalue weighted by molar-refractivity contribution is -0.0685. The van der Waals surface area contributed by atoms with Crippen LogP contribution in [-0.2, 0) is 10.1 Å². The normalized spacial score (nSPS) is 15.5. The number of allylic oxidation sites excluding steroid dienone is 1. The summed E-state index contributed by atoms with van der Waals surface area (Å²) in [6.07, 6.45) is -3.82. The molecule has 4 rings (SSSR count). The summed E-state index contributed by atoms with van der Waals surface area (Å²) in [6.45, 7) is 5.85. The smallest absolute Gasteiger partial charge is 0.417 e. The van der Waals surface area contributed by atoms with E-state index in [2.05, 4.69) is 9.80 Å². The molecule has 222 valence electrons. The first-order valence-corrected chi connectivity index (χ1v) is 14.9. The van der Waals surface area contributed by atoms with Crippen LogP contribution in [0.15, 0.2) is 84.9 Å². The van der Waals surface area contributed by atoms with E-state index in [1.165, 1.54) is 12.1 Å². The van der Waals surface area contributed by atoms with Gasteiger partial charge in [0.25, 0.3) is 10.1 Å². The Hall–Kier alpha value is -3.22. The van der Waals surface area contributed by atoms with Crippen LogP contribution in [0.2, 0.25) is 0 Å². The fraction of sp³-hybridized carbons (Fsp3) is 0.333. The van der Waals surface area contributed by atoms with Crippen LogP contribution in [0.5, 0.6) is 5.75 Å². The van der Waals surface area contributed by atoms with Gasteiger partial charge in [0.2, 0.25) is 0 Å². The topological polar surface area (TPSA) is 90.3 Å². The number of benzene rings is 3. The van der Waals surface area contributed by atoms with Gasteiger partial charge in [0, 0.05) is 44.8 Å². The van der Waals surface area contributed by atoms with Crippen LogP contribution in [0.3, 0.4) is 0 Å². The molecule has 1 heterocycles. The average Bonchev–Trinajstić information content (AvgIpc) is 2.93. The van der Waals surface area contributed by atoms with Crippen molar-refractivity contribution in [1.29, 1.82) is 0 Å². The molecular weight excluding hydrogens is 557 g/mol. The molecule has 0 atom stereocenters. The lowest BCUT2D eigenvalue weighted by atomic mass is 9.89. The highest BCUT2D eigenvalue weighted by atomic mass is 32.2. The molecule has 1 aliphatic rings. The number of halogens is 3. The molecule has 7 nitrogen and oxygen atoms in total. The van der Waals surface area contributed by atoms with Crippen LogP contribution in [-0.4, -0.2) is 92.8 Å². The predicted molar refractivity (Wildman–Crippen MR) is 154 cm³/mol. The molecule has 3 aromatic rings. The number of piperazine rings is 1. The number of hydrogen-bond donors (Lipinski definition) is 2. The number of alkyl halides is 3. The van der Waals surface area contributed by atoms with Crippen molar-refractivity contribution in [2.24, 2.45) is 0 Å². The van der Waals surface area contributed by atoms with Crippen LogP contribution in [0.25, 0.3) is 11.1 Å². The van der Waals surface area contributed by atoms with E-state index in [1.807, 2.05) is 0 Å². The molecule has 0 saturated carbocycles. The van der Waals surface area contributed by atoms with E-state index in [1.54, 1.807) is 72.8 Å². The Labute approximate surface area is 239 Å². The molecule has 41 heavy (non-hydrogen) atoms.